The van der Waals surface area contributed by atoms with E-state index in [-0.39, 0.29) is 6.10 Å². The van der Waals surface area contributed by atoms with Gasteiger partial charge < -0.3 is 9.67 Å². The lowest BCUT2D eigenvalue weighted by molar-refractivity contribution is 0.101. The van der Waals surface area contributed by atoms with E-state index in [9.17, 15) is 5.11 Å². The molecule has 1 aliphatic rings. The predicted molar refractivity (Wildman–Crippen MR) is 56.2 cm³/mol. The highest BCUT2D eigenvalue weighted by atomic mass is 16.3. The quantitative estimate of drug-likeness (QED) is 0.777. The van der Waals surface area contributed by atoms with Crippen LogP contribution in [0.25, 0.3) is 0 Å². The Labute approximate surface area is 89.7 Å². The van der Waals surface area contributed by atoms with Gasteiger partial charge >= 0.3 is 0 Å². The molecule has 2 rings (SSSR count). The Morgan fingerprint density at radius 2 is 2.27 bits per heavy atom. The van der Waals surface area contributed by atoms with Crippen LogP contribution in [-0.2, 0) is 13.1 Å². The van der Waals surface area contributed by atoms with E-state index in [4.69, 9.17) is 0 Å². The first-order valence-electron chi connectivity index (χ1n) is 5.45. The Morgan fingerprint density at radius 1 is 1.47 bits per heavy atom. The maximum atomic E-state index is 9.35. The number of rotatable bonds is 3. The molecule has 1 aromatic heterocycles. The zero-order valence-corrected chi connectivity index (χ0v) is 9.30. The molecule has 1 aliphatic heterocycles. The molecule has 0 radical (unpaired) electrons. The summed E-state index contributed by atoms with van der Waals surface area (Å²) in [6, 6.07) is 0.399. The number of aliphatic hydroxyl groups excluding tert-OH is 1. The fourth-order valence-corrected chi connectivity index (χ4v) is 2.10. The predicted octanol–water partition coefficient (Wildman–Crippen LogP) is 0.253. The molecule has 1 N–H and O–H groups in total. The second-order valence-corrected chi connectivity index (χ2v) is 4.34. The molecule has 0 aliphatic carbocycles. The zero-order chi connectivity index (χ0) is 10.8. The minimum atomic E-state index is -0.236. The number of aromatic nitrogens is 3. The molecule has 2 heterocycles. The number of hydrogen-bond donors (Lipinski definition) is 1. The van der Waals surface area contributed by atoms with Crippen molar-refractivity contribution in [1.29, 1.82) is 0 Å². The fourth-order valence-electron chi connectivity index (χ4n) is 2.10. The molecule has 84 valence electrons. The molecular formula is C10H18N4O. The minimum Gasteiger partial charge on any atom is -0.393 e. The third kappa shape index (κ3) is 2.35. The molecule has 5 nitrogen and oxygen atoms in total. The molecule has 5 heteroatoms. The van der Waals surface area contributed by atoms with E-state index >= 15 is 0 Å². The normalized spacial score (nSPS) is 21.0. The molecule has 2 unspecified atom stereocenters. The molecule has 0 aromatic carbocycles. The standard InChI is InChI=1S/C10H18N4O/c1-8(5-9(2)15)13-3-4-14-7-11-12-10(14)6-13/h7-9,15H,3-6H2,1-2H3. The molecular weight excluding hydrogens is 192 g/mol. The SMILES string of the molecule is CC(O)CC(C)N1CCn2cnnc2C1. The van der Waals surface area contributed by atoms with Gasteiger partial charge in [0.25, 0.3) is 0 Å². The van der Waals surface area contributed by atoms with Crippen molar-refractivity contribution in [2.24, 2.45) is 0 Å². The number of fused-ring (bicyclic) bond motifs is 1. The van der Waals surface area contributed by atoms with Gasteiger partial charge in [-0.15, -0.1) is 10.2 Å². The maximum absolute atomic E-state index is 9.35. The lowest BCUT2D eigenvalue weighted by atomic mass is 10.1. The molecule has 0 spiro atoms. The second kappa shape index (κ2) is 4.28. The number of nitrogens with zero attached hydrogens (tertiary/aromatic N) is 4. The highest BCUT2D eigenvalue weighted by Crippen LogP contribution is 2.15. The van der Waals surface area contributed by atoms with Crippen molar-refractivity contribution >= 4 is 0 Å². The Bertz CT molecular complexity index is 323. The summed E-state index contributed by atoms with van der Waals surface area (Å²) in [5.74, 6) is 1.03. The van der Waals surface area contributed by atoms with Crippen molar-refractivity contribution in [3.05, 3.63) is 12.2 Å². The van der Waals surface area contributed by atoms with Crippen molar-refractivity contribution in [1.82, 2.24) is 19.7 Å². The van der Waals surface area contributed by atoms with Gasteiger partial charge in [-0.1, -0.05) is 0 Å². The van der Waals surface area contributed by atoms with E-state index in [2.05, 4.69) is 26.6 Å². The van der Waals surface area contributed by atoms with Crippen molar-refractivity contribution < 1.29 is 5.11 Å². The van der Waals surface area contributed by atoms with Crippen LogP contribution >= 0.6 is 0 Å². The van der Waals surface area contributed by atoms with E-state index in [0.29, 0.717) is 6.04 Å². The molecule has 15 heavy (non-hydrogen) atoms. The van der Waals surface area contributed by atoms with Gasteiger partial charge in [0.1, 0.15) is 12.2 Å². The molecule has 2 atom stereocenters. The van der Waals surface area contributed by atoms with E-state index in [1.807, 2.05) is 6.92 Å². The average Bonchev–Trinajstić information content (AvgIpc) is 2.62. The van der Waals surface area contributed by atoms with Crippen LogP contribution in [-0.4, -0.2) is 43.5 Å². The Morgan fingerprint density at radius 3 is 3.00 bits per heavy atom. The average molecular weight is 210 g/mol. The topological polar surface area (TPSA) is 54.2 Å². The summed E-state index contributed by atoms with van der Waals surface area (Å²) in [4.78, 5) is 2.34. The summed E-state index contributed by atoms with van der Waals surface area (Å²) in [5.41, 5.74) is 0. The van der Waals surface area contributed by atoms with E-state index in [0.717, 1.165) is 31.9 Å². The lowest BCUT2D eigenvalue weighted by Gasteiger charge is -2.32. The van der Waals surface area contributed by atoms with E-state index < -0.39 is 0 Å². The van der Waals surface area contributed by atoms with Crippen LogP contribution in [0.1, 0.15) is 26.1 Å². The second-order valence-electron chi connectivity index (χ2n) is 4.34. The van der Waals surface area contributed by atoms with Crippen molar-refractivity contribution in [2.75, 3.05) is 6.54 Å². The summed E-state index contributed by atoms with van der Waals surface area (Å²) in [7, 11) is 0. The third-order valence-corrected chi connectivity index (χ3v) is 2.97. The molecule has 1 aromatic rings. The van der Waals surface area contributed by atoms with Gasteiger partial charge in [0.05, 0.1) is 12.6 Å². The van der Waals surface area contributed by atoms with Gasteiger partial charge in [-0.3, -0.25) is 4.90 Å². The smallest absolute Gasteiger partial charge is 0.147 e. The zero-order valence-electron chi connectivity index (χ0n) is 9.30. The van der Waals surface area contributed by atoms with Crippen LogP contribution < -0.4 is 0 Å². The molecule has 0 saturated heterocycles. The van der Waals surface area contributed by atoms with Gasteiger partial charge in [-0.05, 0) is 20.3 Å². The largest absolute Gasteiger partial charge is 0.393 e. The first-order chi connectivity index (χ1) is 7.16. The molecule has 0 fully saturated rings. The first kappa shape index (κ1) is 10.6. The number of aliphatic hydroxyl groups is 1. The highest BCUT2D eigenvalue weighted by Gasteiger charge is 2.22. The third-order valence-electron chi connectivity index (χ3n) is 2.97. The molecule has 0 saturated carbocycles. The van der Waals surface area contributed by atoms with Gasteiger partial charge in [-0.25, -0.2) is 0 Å². The highest BCUT2D eigenvalue weighted by molar-refractivity contribution is 4.91. The first-order valence-corrected chi connectivity index (χ1v) is 5.45. The van der Waals surface area contributed by atoms with Crippen molar-refractivity contribution in [3.63, 3.8) is 0 Å². The molecule has 0 bridgehead atoms. The van der Waals surface area contributed by atoms with Crippen LogP contribution in [0.15, 0.2) is 6.33 Å². The van der Waals surface area contributed by atoms with E-state index in [1.54, 1.807) is 6.33 Å². The van der Waals surface area contributed by atoms with Crippen LogP contribution in [0.3, 0.4) is 0 Å². The lowest BCUT2D eigenvalue weighted by Crippen LogP contribution is -2.40. The summed E-state index contributed by atoms with van der Waals surface area (Å²) >= 11 is 0. The van der Waals surface area contributed by atoms with Crippen molar-refractivity contribution in [3.8, 4) is 0 Å². The summed E-state index contributed by atoms with van der Waals surface area (Å²) in [5, 5.41) is 17.3. The summed E-state index contributed by atoms with van der Waals surface area (Å²) in [6.07, 6.45) is 2.36. The fraction of sp³-hybridized carbons (Fsp3) is 0.800. The Balaban J connectivity index is 1.97. The maximum Gasteiger partial charge on any atom is 0.147 e. The van der Waals surface area contributed by atoms with Gasteiger partial charge in [0.2, 0.25) is 0 Å². The Hall–Kier alpha value is -0.940. The molecule has 0 amide bonds. The van der Waals surface area contributed by atoms with Gasteiger partial charge in [-0.2, -0.15) is 0 Å². The van der Waals surface area contributed by atoms with Crippen LogP contribution in [0, 0.1) is 0 Å². The van der Waals surface area contributed by atoms with Crippen LogP contribution in [0.2, 0.25) is 0 Å². The summed E-state index contributed by atoms with van der Waals surface area (Å²) in [6.45, 7) is 6.79. The monoisotopic (exact) mass is 210 g/mol. The van der Waals surface area contributed by atoms with E-state index in [1.165, 1.54) is 0 Å². The van der Waals surface area contributed by atoms with Gasteiger partial charge in [0, 0.05) is 19.1 Å². The van der Waals surface area contributed by atoms with Gasteiger partial charge in [0.15, 0.2) is 0 Å². The van der Waals surface area contributed by atoms with Crippen LogP contribution in [0.4, 0.5) is 0 Å². The Kier molecular flexibility index (Phi) is 3.02. The summed E-state index contributed by atoms with van der Waals surface area (Å²) < 4.78 is 2.09. The minimum absolute atomic E-state index is 0.236. The van der Waals surface area contributed by atoms with Crippen molar-refractivity contribution in [2.45, 2.75) is 45.5 Å². The van der Waals surface area contributed by atoms with Crippen LogP contribution in [0.5, 0.6) is 0 Å². The number of hydrogen-bond acceptors (Lipinski definition) is 4.